The van der Waals surface area contributed by atoms with Crippen molar-refractivity contribution in [3.8, 4) is 17.1 Å². The summed E-state index contributed by atoms with van der Waals surface area (Å²) in [6.07, 6.45) is 6.30. The first-order chi connectivity index (χ1) is 14.7. The van der Waals surface area contributed by atoms with E-state index in [-0.39, 0.29) is 11.3 Å². The van der Waals surface area contributed by atoms with E-state index in [0.29, 0.717) is 31.4 Å². The molecule has 30 heavy (non-hydrogen) atoms. The topological polar surface area (TPSA) is 110 Å². The van der Waals surface area contributed by atoms with Gasteiger partial charge < -0.3 is 14.7 Å². The number of carbonyl (C=O) groups is 1. The molecule has 158 valence electrons. The van der Waals surface area contributed by atoms with Crippen LogP contribution in [0, 0.1) is 0 Å². The Bertz CT molecular complexity index is 951. The summed E-state index contributed by atoms with van der Waals surface area (Å²) in [6, 6.07) is 6.85. The van der Waals surface area contributed by atoms with Crippen LogP contribution in [0.2, 0.25) is 0 Å². The van der Waals surface area contributed by atoms with Gasteiger partial charge in [-0.2, -0.15) is 10.1 Å². The van der Waals surface area contributed by atoms with Crippen molar-refractivity contribution in [1.29, 1.82) is 0 Å². The van der Waals surface area contributed by atoms with Crippen molar-refractivity contribution < 1.29 is 24.1 Å². The van der Waals surface area contributed by atoms with Crippen LogP contribution in [0.4, 0.5) is 0 Å². The van der Waals surface area contributed by atoms with E-state index in [1.807, 2.05) is 0 Å². The Labute approximate surface area is 171 Å². The van der Waals surface area contributed by atoms with Crippen LogP contribution in [0.1, 0.15) is 10.4 Å². The molecule has 1 N–H and O–H groups in total. The van der Waals surface area contributed by atoms with Gasteiger partial charge >= 0.3 is 5.97 Å². The lowest BCUT2D eigenvalue weighted by atomic mass is 10.1. The predicted octanol–water partition coefficient (Wildman–Crippen LogP) is 0.751. The summed E-state index contributed by atoms with van der Waals surface area (Å²) >= 11 is 0. The SMILES string of the molecule is CON1CN(OC)CN(Oc2cccc(-c3ncc[nH]3)c2C(=O)On2cccn2)C1. The van der Waals surface area contributed by atoms with E-state index in [0.717, 1.165) is 4.85 Å². The third-order valence-electron chi connectivity index (χ3n) is 4.33. The van der Waals surface area contributed by atoms with E-state index in [2.05, 4.69) is 15.1 Å². The molecule has 4 rings (SSSR count). The highest BCUT2D eigenvalue weighted by Crippen LogP contribution is 2.30. The maximum absolute atomic E-state index is 13.0. The maximum Gasteiger partial charge on any atom is 0.370 e. The van der Waals surface area contributed by atoms with E-state index < -0.39 is 5.97 Å². The molecule has 0 bridgehead atoms. The van der Waals surface area contributed by atoms with Crippen LogP contribution >= 0.6 is 0 Å². The van der Waals surface area contributed by atoms with E-state index >= 15 is 0 Å². The minimum atomic E-state index is -0.648. The molecule has 0 spiro atoms. The highest BCUT2D eigenvalue weighted by molar-refractivity contribution is 5.99. The number of nitrogens with zero attached hydrogens (tertiary/aromatic N) is 6. The molecule has 0 saturated carbocycles. The summed E-state index contributed by atoms with van der Waals surface area (Å²) in [6.45, 7) is 1.09. The van der Waals surface area contributed by atoms with Crippen molar-refractivity contribution in [3.63, 3.8) is 0 Å². The minimum Gasteiger partial charge on any atom is -0.402 e. The average Bonchev–Trinajstić information content (AvgIpc) is 3.47. The summed E-state index contributed by atoms with van der Waals surface area (Å²) in [7, 11) is 3.11. The Kier molecular flexibility index (Phi) is 6.02. The average molecular weight is 415 g/mol. The molecule has 0 unspecified atom stereocenters. The second kappa shape index (κ2) is 9.02. The minimum absolute atomic E-state index is 0.196. The standard InChI is InChI=1S/C18H21N7O5/c1-27-22-11-23(28-2)13-24(12-22)29-15-6-3-5-14(17-19-8-9-20-17)16(15)18(26)30-25-10-4-7-21-25/h3-10H,11-13H2,1-2H3,(H,19,20). The number of hydrogen-bond donors (Lipinski definition) is 1. The van der Waals surface area contributed by atoms with Crippen molar-refractivity contribution in [2.24, 2.45) is 0 Å². The zero-order chi connectivity index (χ0) is 20.9. The number of rotatable bonds is 7. The van der Waals surface area contributed by atoms with E-state index in [9.17, 15) is 4.79 Å². The highest BCUT2D eigenvalue weighted by atomic mass is 16.8. The third kappa shape index (κ3) is 4.32. The molecule has 12 heteroatoms. The summed E-state index contributed by atoms with van der Waals surface area (Å²) in [4.78, 5) is 43.4. The first-order valence-corrected chi connectivity index (χ1v) is 9.04. The third-order valence-corrected chi connectivity index (χ3v) is 4.33. The van der Waals surface area contributed by atoms with E-state index in [4.69, 9.17) is 19.4 Å². The molecule has 12 nitrogen and oxygen atoms in total. The van der Waals surface area contributed by atoms with Gasteiger partial charge in [0.15, 0.2) is 5.75 Å². The Morgan fingerprint density at radius 3 is 2.43 bits per heavy atom. The van der Waals surface area contributed by atoms with Crippen molar-refractivity contribution in [2.75, 3.05) is 34.2 Å². The van der Waals surface area contributed by atoms with Crippen molar-refractivity contribution in [2.45, 2.75) is 0 Å². The molecule has 0 amide bonds. The molecule has 3 aromatic rings. The number of hydrogen-bond acceptors (Lipinski definition) is 10. The fourth-order valence-corrected chi connectivity index (χ4v) is 2.96. The Morgan fingerprint density at radius 1 is 1.03 bits per heavy atom. The molecule has 1 aliphatic rings. The zero-order valence-corrected chi connectivity index (χ0v) is 16.5. The van der Waals surface area contributed by atoms with Gasteiger partial charge in [0.2, 0.25) is 0 Å². The van der Waals surface area contributed by atoms with Gasteiger partial charge in [-0.3, -0.25) is 9.68 Å². The summed E-state index contributed by atoms with van der Waals surface area (Å²) in [5.41, 5.74) is 0.723. The maximum atomic E-state index is 13.0. The van der Waals surface area contributed by atoms with Crippen LogP contribution in [0.3, 0.4) is 0 Å². The number of imidazole rings is 1. The van der Waals surface area contributed by atoms with E-state index in [1.165, 1.54) is 12.4 Å². The Morgan fingerprint density at radius 2 is 1.80 bits per heavy atom. The van der Waals surface area contributed by atoms with Crippen LogP contribution < -0.4 is 9.68 Å². The highest BCUT2D eigenvalue weighted by Gasteiger charge is 2.29. The van der Waals surface area contributed by atoms with Gasteiger partial charge in [-0.1, -0.05) is 17.0 Å². The van der Waals surface area contributed by atoms with Gasteiger partial charge in [-0.05, 0) is 12.1 Å². The molecule has 3 heterocycles. The molecule has 0 aliphatic carbocycles. The molecule has 1 aromatic carbocycles. The van der Waals surface area contributed by atoms with Gasteiger partial charge in [0.05, 0.1) is 26.6 Å². The molecule has 1 fully saturated rings. The first kappa shape index (κ1) is 20.0. The lowest BCUT2D eigenvalue weighted by Crippen LogP contribution is -2.55. The van der Waals surface area contributed by atoms with Gasteiger partial charge in [0, 0.05) is 18.0 Å². The summed E-state index contributed by atoms with van der Waals surface area (Å²) in [5.74, 6) is 0.142. The molecule has 0 radical (unpaired) electrons. The normalized spacial score (nSPS) is 15.9. The lowest BCUT2D eigenvalue weighted by molar-refractivity contribution is -0.333. The summed E-state index contributed by atoms with van der Waals surface area (Å²) < 4.78 is 0. The number of aromatic nitrogens is 4. The van der Waals surface area contributed by atoms with Gasteiger partial charge in [-0.15, -0.1) is 10.2 Å². The van der Waals surface area contributed by atoms with Crippen molar-refractivity contribution >= 4 is 5.97 Å². The van der Waals surface area contributed by atoms with Crippen molar-refractivity contribution in [1.82, 2.24) is 35.1 Å². The number of hydroxylamine groups is 6. The Hall–Kier alpha value is -3.29. The zero-order valence-electron chi connectivity index (χ0n) is 16.5. The monoisotopic (exact) mass is 415 g/mol. The summed E-state index contributed by atoms with van der Waals surface area (Å²) in [5, 5.41) is 8.76. The van der Waals surface area contributed by atoms with Gasteiger partial charge in [-0.25, -0.2) is 9.78 Å². The molecular formula is C18H21N7O5. The number of nitrogens with one attached hydrogen (secondary N) is 1. The number of benzene rings is 1. The van der Waals surface area contributed by atoms with Crippen LogP contribution in [-0.4, -0.2) is 75.3 Å². The molecule has 1 saturated heterocycles. The van der Waals surface area contributed by atoms with Crippen LogP contribution in [0.5, 0.6) is 5.75 Å². The second-order valence-electron chi connectivity index (χ2n) is 6.23. The van der Waals surface area contributed by atoms with Crippen LogP contribution in [-0.2, 0) is 9.68 Å². The Balaban J connectivity index is 1.66. The molecule has 0 atom stereocenters. The lowest BCUT2D eigenvalue weighted by Gasteiger charge is -2.38. The smallest absolute Gasteiger partial charge is 0.370 e. The fourth-order valence-electron chi connectivity index (χ4n) is 2.96. The van der Waals surface area contributed by atoms with Gasteiger partial charge in [0.25, 0.3) is 0 Å². The first-order valence-electron chi connectivity index (χ1n) is 9.04. The van der Waals surface area contributed by atoms with Crippen LogP contribution in [0.15, 0.2) is 49.1 Å². The van der Waals surface area contributed by atoms with Crippen molar-refractivity contribution in [3.05, 3.63) is 54.6 Å². The fraction of sp³-hybridized carbons (Fsp3) is 0.278. The largest absolute Gasteiger partial charge is 0.402 e. The molecule has 2 aromatic heterocycles. The predicted molar refractivity (Wildman–Crippen MR) is 102 cm³/mol. The number of aromatic amines is 1. The number of H-pyrrole nitrogens is 1. The number of carbonyl (C=O) groups excluding carboxylic acids is 1. The second-order valence-corrected chi connectivity index (χ2v) is 6.23. The quantitative estimate of drug-likeness (QED) is 0.593. The van der Waals surface area contributed by atoms with Gasteiger partial charge in [0.1, 0.15) is 31.4 Å². The van der Waals surface area contributed by atoms with E-state index in [1.54, 1.807) is 66.1 Å². The van der Waals surface area contributed by atoms with Crippen LogP contribution in [0.25, 0.3) is 11.4 Å². The molecular weight excluding hydrogens is 394 g/mol. The molecule has 1 aliphatic heterocycles.